The zero-order chi connectivity index (χ0) is 9.90. The smallest absolute Gasteiger partial charge is 0.332 e. The van der Waals surface area contributed by atoms with Gasteiger partial charge in [0.1, 0.15) is 6.42 Å². The van der Waals surface area contributed by atoms with Crippen molar-refractivity contribution in [2.45, 2.75) is 12.2 Å². The fourth-order valence-corrected chi connectivity index (χ4v) is 0.976. The van der Waals surface area contributed by atoms with E-state index < -0.39 is 17.7 Å². The normalized spacial score (nSPS) is 26.7. The Morgan fingerprint density at radius 1 is 1.77 bits per heavy atom. The van der Waals surface area contributed by atoms with Crippen molar-refractivity contribution in [2.75, 3.05) is 13.7 Å². The molecule has 1 aliphatic rings. The third-order valence-electron chi connectivity index (χ3n) is 1.69. The maximum atomic E-state index is 10.9. The lowest BCUT2D eigenvalue weighted by Crippen LogP contribution is -2.37. The molecule has 0 radical (unpaired) electrons. The monoisotopic (exact) mass is 186 g/mol. The van der Waals surface area contributed by atoms with Crippen LogP contribution in [0.3, 0.4) is 0 Å². The summed E-state index contributed by atoms with van der Waals surface area (Å²) in [6, 6.07) is 0. The average Bonchev–Trinajstić information content (AvgIpc) is 2.48. The number of hydrogen-bond acceptors (Lipinski definition) is 5. The van der Waals surface area contributed by atoms with Crippen LogP contribution in [0.15, 0.2) is 12.7 Å². The molecule has 1 aliphatic heterocycles. The molecule has 1 rings (SSSR count). The molecule has 5 heteroatoms. The average molecular weight is 186 g/mol. The minimum absolute atomic E-state index is 0.0675. The fourth-order valence-electron chi connectivity index (χ4n) is 0.976. The third kappa shape index (κ3) is 2.06. The van der Waals surface area contributed by atoms with Gasteiger partial charge in [-0.3, -0.25) is 4.79 Å². The highest BCUT2D eigenvalue weighted by Crippen LogP contribution is 2.25. The molecule has 1 saturated heterocycles. The Labute approximate surface area is 75.3 Å². The summed E-state index contributed by atoms with van der Waals surface area (Å²) in [5, 5.41) is 0. The highest BCUT2D eigenvalue weighted by Gasteiger charge is 2.44. The lowest BCUT2D eigenvalue weighted by atomic mass is 10.2. The molecular formula is C8H10O5. The summed E-state index contributed by atoms with van der Waals surface area (Å²) in [5.41, 5.74) is 0. The van der Waals surface area contributed by atoms with Gasteiger partial charge in [-0.2, -0.15) is 0 Å². The first kappa shape index (κ1) is 9.73. The zero-order valence-electron chi connectivity index (χ0n) is 7.24. The van der Waals surface area contributed by atoms with E-state index in [4.69, 9.17) is 9.47 Å². The van der Waals surface area contributed by atoms with Gasteiger partial charge in [-0.05, 0) is 0 Å². The summed E-state index contributed by atoms with van der Waals surface area (Å²) in [4.78, 5) is 21.6. The van der Waals surface area contributed by atoms with Gasteiger partial charge in [-0.1, -0.05) is 6.58 Å². The summed E-state index contributed by atoms with van der Waals surface area (Å²) in [6.45, 7) is 3.16. The van der Waals surface area contributed by atoms with Crippen LogP contribution in [-0.4, -0.2) is 31.4 Å². The molecule has 0 bridgehead atoms. The van der Waals surface area contributed by atoms with Gasteiger partial charge < -0.3 is 14.2 Å². The van der Waals surface area contributed by atoms with Crippen LogP contribution in [0, 0.1) is 0 Å². The maximum absolute atomic E-state index is 10.9. The van der Waals surface area contributed by atoms with Gasteiger partial charge >= 0.3 is 11.9 Å². The Balaban J connectivity index is 2.65. The number of methoxy groups -OCH3 is 1. The standard InChI is InChI=1S/C8H10O5/c1-3-6(9)13-8(11-2)4-7(10)12-5-8/h3H,1,4-5H2,2H3. The number of carbonyl (C=O) groups is 2. The van der Waals surface area contributed by atoms with E-state index >= 15 is 0 Å². The molecule has 0 aromatic carbocycles. The number of rotatable bonds is 3. The molecular weight excluding hydrogens is 176 g/mol. The second kappa shape index (κ2) is 3.57. The number of esters is 2. The van der Waals surface area contributed by atoms with Gasteiger partial charge in [-0.15, -0.1) is 0 Å². The predicted octanol–water partition coefficient (Wildman–Crippen LogP) is 0.00520. The second-order valence-electron chi connectivity index (χ2n) is 2.58. The summed E-state index contributed by atoms with van der Waals surface area (Å²) < 4.78 is 14.4. The van der Waals surface area contributed by atoms with Crippen molar-refractivity contribution in [3.8, 4) is 0 Å². The van der Waals surface area contributed by atoms with E-state index in [9.17, 15) is 9.59 Å². The van der Waals surface area contributed by atoms with Crippen molar-refractivity contribution in [3.63, 3.8) is 0 Å². The summed E-state index contributed by atoms with van der Waals surface area (Å²) in [5.74, 6) is -2.35. The Bertz CT molecular complexity index is 247. The van der Waals surface area contributed by atoms with Crippen molar-refractivity contribution in [1.82, 2.24) is 0 Å². The highest BCUT2D eigenvalue weighted by molar-refractivity contribution is 5.82. The molecule has 72 valence electrons. The Kier molecular flexibility index (Phi) is 2.67. The number of ether oxygens (including phenoxy) is 3. The Morgan fingerprint density at radius 2 is 2.46 bits per heavy atom. The lowest BCUT2D eigenvalue weighted by Gasteiger charge is -2.22. The number of carbonyl (C=O) groups excluding carboxylic acids is 2. The van der Waals surface area contributed by atoms with Crippen molar-refractivity contribution in [2.24, 2.45) is 0 Å². The molecule has 5 nitrogen and oxygen atoms in total. The number of cyclic esters (lactones) is 1. The summed E-state index contributed by atoms with van der Waals surface area (Å²) in [6.07, 6.45) is 0.923. The number of hydrogen-bond donors (Lipinski definition) is 0. The van der Waals surface area contributed by atoms with Crippen LogP contribution >= 0.6 is 0 Å². The first-order valence-electron chi connectivity index (χ1n) is 3.68. The minimum atomic E-state index is -1.26. The molecule has 1 atom stereocenters. The first-order valence-corrected chi connectivity index (χ1v) is 3.68. The largest absolute Gasteiger partial charge is 0.458 e. The van der Waals surface area contributed by atoms with Crippen LogP contribution in [0.5, 0.6) is 0 Å². The molecule has 0 N–H and O–H groups in total. The predicted molar refractivity (Wildman–Crippen MR) is 41.6 cm³/mol. The van der Waals surface area contributed by atoms with Gasteiger partial charge in [-0.25, -0.2) is 4.79 Å². The summed E-state index contributed by atoms with van der Waals surface area (Å²) >= 11 is 0. The van der Waals surface area contributed by atoms with E-state index in [2.05, 4.69) is 11.3 Å². The van der Waals surface area contributed by atoms with Crippen molar-refractivity contribution < 1.29 is 23.8 Å². The second-order valence-corrected chi connectivity index (χ2v) is 2.58. The van der Waals surface area contributed by atoms with E-state index in [1.54, 1.807) is 0 Å². The first-order chi connectivity index (χ1) is 6.12. The van der Waals surface area contributed by atoms with Gasteiger partial charge in [0.2, 0.25) is 0 Å². The van der Waals surface area contributed by atoms with E-state index in [1.165, 1.54) is 7.11 Å². The van der Waals surface area contributed by atoms with E-state index in [0.717, 1.165) is 6.08 Å². The molecule has 1 heterocycles. The van der Waals surface area contributed by atoms with Crippen LogP contribution in [0.2, 0.25) is 0 Å². The molecule has 1 fully saturated rings. The van der Waals surface area contributed by atoms with Crippen LogP contribution in [-0.2, 0) is 23.8 Å². The third-order valence-corrected chi connectivity index (χ3v) is 1.69. The molecule has 0 saturated carbocycles. The van der Waals surface area contributed by atoms with Crippen molar-refractivity contribution in [1.29, 1.82) is 0 Å². The van der Waals surface area contributed by atoms with Crippen molar-refractivity contribution >= 4 is 11.9 Å². The minimum Gasteiger partial charge on any atom is -0.458 e. The fraction of sp³-hybridized carbons (Fsp3) is 0.500. The summed E-state index contributed by atoms with van der Waals surface area (Å²) in [7, 11) is 1.35. The zero-order valence-corrected chi connectivity index (χ0v) is 7.24. The Hall–Kier alpha value is -1.36. The quantitative estimate of drug-likeness (QED) is 0.353. The van der Waals surface area contributed by atoms with E-state index in [-0.39, 0.29) is 13.0 Å². The van der Waals surface area contributed by atoms with Crippen LogP contribution in [0.25, 0.3) is 0 Å². The maximum Gasteiger partial charge on any atom is 0.332 e. The molecule has 13 heavy (non-hydrogen) atoms. The van der Waals surface area contributed by atoms with E-state index in [0.29, 0.717) is 0 Å². The molecule has 0 spiro atoms. The molecule has 1 unspecified atom stereocenters. The van der Waals surface area contributed by atoms with Crippen molar-refractivity contribution in [3.05, 3.63) is 12.7 Å². The topological polar surface area (TPSA) is 61.8 Å². The molecule has 0 aromatic rings. The van der Waals surface area contributed by atoms with Gasteiger partial charge in [0.25, 0.3) is 5.79 Å². The highest BCUT2D eigenvalue weighted by atomic mass is 16.7. The Morgan fingerprint density at radius 3 is 2.85 bits per heavy atom. The van der Waals surface area contributed by atoms with Gasteiger partial charge in [0, 0.05) is 13.2 Å². The lowest BCUT2D eigenvalue weighted by molar-refractivity contribution is -0.214. The van der Waals surface area contributed by atoms with Crippen LogP contribution in [0.1, 0.15) is 6.42 Å². The molecule has 0 aliphatic carbocycles. The molecule has 0 aromatic heterocycles. The van der Waals surface area contributed by atoms with Gasteiger partial charge in [0.15, 0.2) is 6.61 Å². The van der Waals surface area contributed by atoms with Gasteiger partial charge in [0.05, 0.1) is 0 Å². The molecule has 0 amide bonds. The van der Waals surface area contributed by atoms with Crippen LogP contribution < -0.4 is 0 Å². The SMILES string of the molecule is C=CC(=O)OC1(OC)COC(=O)C1. The van der Waals surface area contributed by atoms with E-state index in [1.807, 2.05) is 0 Å². The van der Waals surface area contributed by atoms with Crippen LogP contribution in [0.4, 0.5) is 0 Å².